The number of carbonyl (C=O) groups is 3. The smallest absolute Gasteiger partial charge is 0.354 e. The molecule has 1 unspecified atom stereocenters. The van der Waals surface area contributed by atoms with E-state index in [1.165, 1.54) is 16.9 Å². The van der Waals surface area contributed by atoms with Crippen LogP contribution in [0.25, 0.3) is 5.76 Å². The number of ether oxygens (including phenoxy) is 2. The van der Waals surface area contributed by atoms with Crippen molar-refractivity contribution in [2.24, 2.45) is 0 Å². The number of H-pyrrole nitrogens is 1. The van der Waals surface area contributed by atoms with Crippen LogP contribution in [0.2, 0.25) is 0 Å². The molecule has 4 rings (SSSR count). The Bertz CT molecular complexity index is 1200. The molecule has 2 fully saturated rings. The van der Waals surface area contributed by atoms with Crippen molar-refractivity contribution in [2.45, 2.75) is 26.3 Å². The summed E-state index contributed by atoms with van der Waals surface area (Å²) in [7, 11) is 1.26. The number of likely N-dealkylation sites (tertiary alicyclic amines) is 1. The monoisotopic (exact) mass is 559 g/mol. The van der Waals surface area contributed by atoms with Crippen LogP contribution in [-0.4, -0.2) is 74.0 Å². The number of ketones is 1. The van der Waals surface area contributed by atoms with Gasteiger partial charge in [-0.25, -0.2) is 4.79 Å². The van der Waals surface area contributed by atoms with Gasteiger partial charge in [-0.1, -0.05) is 33.8 Å². The number of hydrogen-bond acceptors (Lipinski definition) is 6. The first kappa shape index (κ1) is 26.1. The zero-order valence-electron chi connectivity index (χ0n) is 20.6. The molecule has 36 heavy (non-hydrogen) atoms. The molecule has 0 saturated carbocycles. The highest BCUT2D eigenvalue weighted by Crippen LogP contribution is 2.40. The second kappa shape index (κ2) is 11.0. The minimum Gasteiger partial charge on any atom is -0.872 e. The summed E-state index contributed by atoms with van der Waals surface area (Å²) in [6.07, 6.45) is 0.692. The molecule has 10 heteroatoms. The minimum absolute atomic E-state index is 0.0948. The first-order chi connectivity index (χ1) is 17.2. The number of esters is 1. The highest BCUT2D eigenvalue weighted by Gasteiger charge is 2.44. The Morgan fingerprint density at radius 3 is 2.53 bits per heavy atom. The van der Waals surface area contributed by atoms with Crippen molar-refractivity contribution in [1.29, 1.82) is 0 Å². The number of benzene rings is 1. The number of nitrogens with one attached hydrogen (secondary N) is 2. The minimum atomic E-state index is -0.805. The summed E-state index contributed by atoms with van der Waals surface area (Å²) >= 11 is 3.42. The summed E-state index contributed by atoms with van der Waals surface area (Å²) in [5.74, 6) is -2.64. The van der Waals surface area contributed by atoms with Crippen LogP contribution in [0.15, 0.2) is 34.3 Å². The van der Waals surface area contributed by atoms with E-state index in [0.717, 1.165) is 24.1 Å². The Kier molecular flexibility index (Phi) is 7.97. The fraction of sp³-hybridized carbons (Fsp3) is 0.423. The van der Waals surface area contributed by atoms with Crippen molar-refractivity contribution in [1.82, 2.24) is 9.88 Å². The molecule has 1 aromatic heterocycles. The summed E-state index contributed by atoms with van der Waals surface area (Å²) in [4.78, 5) is 44.5. The summed E-state index contributed by atoms with van der Waals surface area (Å²) in [6, 6.07) is 6.46. The number of morpholine rings is 1. The predicted octanol–water partition coefficient (Wildman–Crippen LogP) is 0.710. The van der Waals surface area contributed by atoms with E-state index in [2.05, 4.69) is 20.9 Å². The van der Waals surface area contributed by atoms with E-state index in [9.17, 15) is 19.5 Å². The normalized spacial score (nSPS) is 20.2. The van der Waals surface area contributed by atoms with Crippen molar-refractivity contribution >= 4 is 39.3 Å². The molecule has 3 heterocycles. The number of Topliss-reactive ketones (excluding diaryl/α,β-unsaturated/α-hetero) is 1. The topological polar surface area (TPSA) is 116 Å². The van der Waals surface area contributed by atoms with Crippen molar-refractivity contribution in [3.63, 3.8) is 0 Å². The van der Waals surface area contributed by atoms with Crippen LogP contribution in [-0.2, 0) is 19.1 Å². The van der Waals surface area contributed by atoms with Gasteiger partial charge in [0.1, 0.15) is 18.8 Å². The van der Waals surface area contributed by atoms with Crippen molar-refractivity contribution in [3.05, 3.63) is 62.4 Å². The molecule has 0 radical (unpaired) electrons. The van der Waals surface area contributed by atoms with Crippen molar-refractivity contribution in [2.75, 3.05) is 46.5 Å². The Morgan fingerprint density at radius 2 is 1.89 bits per heavy atom. The van der Waals surface area contributed by atoms with Crippen molar-refractivity contribution < 1.29 is 33.9 Å². The van der Waals surface area contributed by atoms with Gasteiger partial charge in [0.05, 0.1) is 32.9 Å². The third-order valence-corrected chi connectivity index (χ3v) is 7.43. The average Bonchev–Trinajstić information content (AvgIpc) is 3.31. The van der Waals surface area contributed by atoms with Gasteiger partial charge in [-0.2, -0.15) is 0 Å². The largest absolute Gasteiger partial charge is 0.872 e. The number of quaternary nitrogens is 1. The van der Waals surface area contributed by atoms with E-state index >= 15 is 0 Å². The number of halogens is 1. The van der Waals surface area contributed by atoms with Gasteiger partial charge in [-0.05, 0) is 42.7 Å². The van der Waals surface area contributed by atoms with Gasteiger partial charge < -0.3 is 29.4 Å². The lowest BCUT2D eigenvalue weighted by Gasteiger charge is -2.29. The number of aromatic amines is 1. The molecule has 2 aliphatic rings. The van der Waals surface area contributed by atoms with Crippen LogP contribution >= 0.6 is 15.9 Å². The van der Waals surface area contributed by atoms with E-state index in [-0.39, 0.29) is 16.8 Å². The lowest BCUT2D eigenvalue weighted by atomic mass is 9.94. The standard InChI is InChI=1S/C26H30BrN3O6/c1-15-19(16(2)28-21(15)26(34)35-3)23(31)20-22(17-5-7-18(27)8-6-17)30(25(33)24(20)32)10-4-9-29-11-13-36-14-12-29/h5-8,22,28,31H,4,9-14H2,1-3H3/b23-20+. The molecular weight excluding hydrogens is 530 g/mol. The molecule has 192 valence electrons. The maximum absolute atomic E-state index is 13.9. The second-order valence-electron chi connectivity index (χ2n) is 9.11. The van der Waals surface area contributed by atoms with E-state index < -0.39 is 29.5 Å². The number of methoxy groups -OCH3 is 1. The van der Waals surface area contributed by atoms with Gasteiger partial charge in [0, 0.05) is 28.7 Å². The number of aromatic nitrogens is 1. The molecule has 2 N–H and O–H groups in total. The molecule has 1 aromatic carbocycles. The quantitative estimate of drug-likeness (QED) is 0.223. The van der Waals surface area contributed by atoms with Crippen molar-refractivity contribution in [3.8, 4) is 0 Å². The second-order valence-corrected chi connectivity index (χ2v) is 10.0. The van der Waals surface area contributed by atoms with E-state index in [1.807, 2.05) is 24.3 Å². The number of rotatable bonds is 7. The fourth-order valence-corrected chi connectivity index (χ4v) is 5.30. The predicted molar refractivity (Wildman–Crippen MR) is 133 cm³/mol. The zero-order valence-corrected chi connectivity index (χ0v) is 22.2. The molecular formula is C26H30BrN3O6. The molecule has 0 spiro atoms. The Morgan fingerprint density at radius 1 is 1.22 bits per heavy atom. The highest BCUT2D eigenvalue weighted by atomic mass is 79.9. The Balaban J connectivity index is 1.74. The first-order valence-electron chi connectivity index (χ1n) is 12.0. The summed E-state index contributed by atoms with van der Waals surface area (Å²) in [6.45, 7) is 7.73. The molecule has 0 aliphatic carbocycles. The third-order valence-electron chi connectivity index (χ3n) is 6.90. The lowest BCUT2D eigenvalue weighted by molar-refractivity contribution is -0.908. The number of amides is 1. The number of hydrogen-bond donors (Lipinski definition) is 2. The van der Waals surface area contributed by atoms with E-state index in [0.29, 0.717) is 43.0 Å². The van der Waals surface area contributed by atoms with Crippen LogP contribution in [0.1, 0.15) is 45.3 Å². The van der Waals surface area contributed by atoms with Gasteiger partial charge in [0.15, 0.2) is 0 Å². The first-order valence-corrected chi connectivity index (χ1v) is 12.7. The van der Waals surface area contributed by atoms with Crippen LogP contribution in [0.5, 0.6) is 0 Å². The Labute approximate surface area is 218 Å². The highest BCUT2D eigenvalue weighted by molar-refractivity contribution is 9.10. The lowest BCUT2D eigenvalue weighted by Crippen LogP contribution is -3.14. The maximum Gasteiger partial charge on any atom is 0.354 e. The van der Waals surface area contributed by atoms with Gasteiger partial charge in [-0.15, -0.1) is 0 Å². The van der Waals surface area contributed by atoms with Crippen LogP contribution in [0.4, 0.5) is 0 Å². The molecule has 1 amide bonds. The molecule has 2 saturated heterocycles. The number of nitrogens with zero attached hydrogens (tertiary/aromatic N) is 1. The summed E-state index contributed by atoms with van der Waals surface area (Å²) < 4.78 is 11.1. The molecule has 0 bridgehead atoms. The average molecular weight is 560 g/mol. The molecule has 1 atom stereocenters. The fourth-order valence-electron chi connectivity index (χ4n) is 5.03. The van der Waals surface area contributed by atoms with Crippen LogP contribution in [0.3, 0.4) is 0 Å². The summed E-state index contributed by atoms with van der Waals surface area (Å²) in [5.41, 5.74) is 1.78. The van der Waals surface area contributed by atoms with Gasteiger partial charge in [0.2, 0.25) is 5.78 Å². The molecule has 2 aliphatic heterocycles. The van der Waals surface area contributed by atoms with Crippen LogP contribution < -0.4 is 10.0 Å². The van der Waals surface area contributed by atoms with E-state index in [1.54, 1.807) is 13.8 Å². The maximum atomic E-state index is 13.9. The third kappa shape index (κ3) is 4.98. The molecule has 2 aromatic rings. The number of carbonyl (C=O) groups excluding carboxylic acids is 3. The zero-order chi connectivity index (χ0) is 26.0. The van der Waals surface area contributed by atoms with Gasteiger partial charge in [-0.3, -0.25) is 9.59 Å². The van der Waals surface area contributed by atoms with Gasteiger partial charge in [0.25, 0.3) is 5.91 Å². The SMILES string of the molecule is COC(=O)c1[nH]c(C)c(/C([O-])=C2\C(=O)C(=O)N(CCC[NH+]3CCOCC3)C2c2ccc(Br)cc2)c1C. The Hall–Kier alpha value is -2.95. The van der Waals surface area contributed by atoms with E-state index in [4.69, 9.17) is 9.47 Å². The molecule has 9 nitrogen and oxygen atoms in total. The van der Waals surface area contributed by atoms with Crippen LogP contribution in [0, 0.1) is 13.8 Å². The summed E-state index contributed by atoms with van der Waals surface area (Å²) in [5, 5.41) is 13.9. The van der Waals surface area contributed by atoms with Gasteiger partial charge >= 0.3 is 5.97 Å². The number of aryl methyl sites for hydroxylation is 1.